The fourth-order valence-corrected chi connectivity index (χ4v) is 2.74. The van der Waals surface area contributed by atoms with Crippen molar-refractivity contribution in [2.24, 2.45) is 0 Å². The first-order chi connectivity index (χ1) is 9.24. The van der Waals surface area contributed by atoms with Crippen LogP contribution in [0.15, 0.2) is 36.4 Å². The van der Waals surface area contributed by atoms with Crippen LogP contribution in [0.4, 0.5) is 5.69 Å². The molecule has 0 saturated carbocycles. The first-order valence-corrected chi connectivity index (χ1v) is 6.82. The molecule has 2 N–H and O–H groups in total. The van der Waals surface area contributed by atoms with E-state index in [1.54, 1.807) is 0 Å². The van der Waals surface area contributed by atoms with E-state index in [0.717, 1.165) is 11.3 Å². The summed E-state index contributed by atoms with van der Waals surface area (Å²) in [6.45, 7) is 2.61. The van der Waals surface area contributed by atoms with Gasteiger partial charge < -0.3 is 10.5 Å². The third-order valence-corrected chi connectivity index (χ3v) is 3.79. The van der Waals surface area contributed by atoms with Gasteiger partial charge in [0.05, 0.1) is 5.69 Å². The fourth-order valence-electron chi connectivity index (χ4n) is 2.74. The number of hydrogen-bond acceptors (Lipinski definition) is 2. The van der Waals surface area contributed by atoms with Gasteiger partial charge in [-0.3, -0.25) is 0 Å². The van der Waals surface area contributed by atoms with Crippen molar-refractivity contribution >= 4 is 5.69 Å². The maximum absolute atomic E-state index is 5.95. The summed E-state index contributed by atoms with van der Waals surface area (Å²) >= 11 is 0. The molecule has 0 radical (unpaired) electrons. The van der Waals surface area contributed by atoms with Gasteiger partial charge >= 0.3 is 0 Å². The number of ether oxygens (including phenoxy) is 1. The number of benzene rings is 2. The summed E-state index contributed by atoms with van der Waals surface area (Å²) in [6.07, 6.45) is 3.71. The largest absolute Gasteiger partial charge is 0.486 e. The van der Waals surface area contributed by atoms with Crippen LogP contribution in [0, 0.1) is 6.92 Å². The minimum absolute atomic E-state index is 0.586. The number of nitrogens with two attached hydrogens (primary N) is 1. The fraction of sp³-hybridized carbons (Fsp3) is 0.294. The second kappa shape index (κ2) is 4.96. The zero-order valence-electron chi connectivity index (χ0n) is 11.3. The lowest BCUT2D eigenvalue weighted by Crippen LogP contribution is -2.01. The Labute approximate surface area is 114 Å². The average molecular weight is 253 g/mol. The molecule has 0 aliphatic heterocycles. The number of rotatable bonds is 3. The second-order valence-corrected chi connectivity index (χ2v) is 5.24. The first-order valence-electron chi connectivity index (χ1n) is 6.82. The van der Waals surface area contributed by atoms with Crippen molar-refractivity contribution in [1.82, 2.24) is 0 Å². The summed E-state index contributed by atoms with van der Waals surface area (Å²) in [4.78, 5) is 0. The number of fused-ring (bicyclic) bond motifs is 1. The van der Waals surface area contributed by atoms with E-state index in [-0.39, 0.29) is 0 Å². The normalized spacial score (nSPS) is 13.3. The molecule has 0 bridgehead atoms. The van der Waals surface area contributed by atoms with Crippen molar-refractivity contribution in [1.29, 1.82) is 0 Å². The van der Waals surface area contributed by atoms with Crippen molar-refractivity contribution in [2.75, 3.05) is 5.73 Å². The molecular formula is C17H19NO. The summed E-state index contributed by atoms with van der Waals surface area (Å²) < 4.78 is 5.89. The Bertz CT molecular complexity index is 584. The van der Waals surface area contributed by atoms with Gasteiger partial charge in [0.15, 0.2) is 0 Å². The molecule has 0 unspecified atom stereocenters. The zero-order chi connectivity index (χ0) is 13.2. The molecule has 0 atom stereocenters. The molecule has 1 aliphatic carbocycles. The van der Waals surface area contributed by atoms with E-state index >= 15 is 0 Å². The molecule has 1 aliphatic rings. The third-order valence-electron chi connectivity index (χ3n) is 3.79. The Morgan fingerprint density at radius 1 is 1.11 bits per heavy atom. The Kier molecular flexibility index (Phi) is 3.16. The molecule has 2 heteroatoms. The quantitative estimate of drug-likeness (QED) is 0.847. The van der Waals surface area contributed by atoms with Crippen LogP contribution in [0.1, 0.15) is 28.7 Å². The highest BCUT2D eigenvalue weighted by Gasteiger charge is 2.11. The topological polar surface area (TPSA) is 35.2 Å². The molecule has 2 nitrogen and oxygen atoms in total. The molecule has 3 rings (SSSR count). The van der Waals surface area contributed by atoms with Gasteiger partial charge in [0.1, 0.15) is 12.4 Å². The van der Waals surface area contributed by atoms with Crippen LogP contribution in [-0.2, 0) is 19.4 Å². The highest BCUT2D eigenvalue weighted by Crippen LogP contribution is 2.27. The van der Waals surface area contributed by atoms with Crippen molar-refractivity contribution in [2.45, 2.75) is 32.8 Å². The lowest BCUT2D eigenvalue weighted by Gasteiger charge is -2.12. The molecule has 98 valence electrons. The third kappa shape index (κ3) is 2.43. The number of hydrogen-bond donors (Lipinski definition) is 1. The number of nitrogen functional groups attached to an aromatic ring is 1. The summed E-state index contributed by atoms with van der Waals surface area (Å²) in [5.41, 5.74) is 12.0. The number of para-hydroxylation sites is 1. The lowest BCUT2D eigenvalue weighted by molar-refractivity contribution is 0.306. The summed E-state index contributed by atoms with van der Waals surface area (Å²) in [5.74, 6) is 0.808. The summed E-state index contributed by atoms with van der Waals surface area (Å²) in [5, 5.41) is 0. The molecule has 0 saturated heterocycles. The molecule has 0 aromatic heterocycles. The Hall–Kier alpha value is -1.96. The Morgan fingerprint density at radius 3 is 2.79 bits per heavy atom. The molecule has 0 spiro atoms. The molecule has 0 amide bonds. The standard InChI is InChI=1S/C17H19NO/c1-12-4-2-7-16(18)17(12)19-11-13-8-9-14-5-3-6-15(14)10-13/h2,4,7-10H,3,5-6,11,18H2,1H3. The second-order valence-electron chi connectivity index (χ2n) is 5.24. The minimum Gasteiger partial charge on any atom is -0.486 e. The summed E-state index contributed by atoms with van der Waals surface area (Å²) in [6, 6.07) is 12.5. The Morgan fingerprint density at radius 2 is 1.95 bits per heavy atom. The highest BCUT2D eigenvalue weighted by atomic mass is 16.5. The SMILES string of the molecule is Cc1cccc(N)c1OCc1ccc2c(c1)CCC2. The number of aryl methyl sites for hydroxylation is 3. The molecule has 2 aromatic carbocycles. The van der Waals surface area contributed by atoms with Gasteiger partial charge in [-0.05, 0) is 54.5 Å². The number of anilines is 1. The predicted molar refractivity (Wildman–Crippen MR) is 78.4 cm³/mol. The van der Waals surface area contributed by atoms with Crippen LogP contribution in [0.3, 0.4) is 0 Å². The molecule has 19 heavy (non-hydrogen) atoms. The van der Waals surface area contributed by atoms with Gasteiger partial charge in [-0.2, -0.15) is 0 Å². The van der Waals surface area contributed by atoms with Gasteiger partial charge in [-0.15, -0.1) is 0 Å². The molecule has 2 aromatic rings. The van der Waals surface area contributed by atoms with E-state index in [1.807, 2.05) is 25.1 Å². The Balaban J connectivity index is 1.76. The van der Waals surface area contributed by atoms with Gasteiger partial charge in [-0.25, -0.2) is 0 Å². The van der Waals surface area contributed by atoms with Crippen LogP contribution >= 0.6 is 0 Å². The molecule has 0 heterocycles. The predicted octanol–water partition coefficient (Wildman–Crippen LogP) is 3.64. The van der Waals surface area contributed by atoms with Crippen LogP contribution in [0.2, 0.25) is 0 Å². The van der Waals surface area contributed by atoms with E-state index < -0.39 is 0 Å². The smallest absolute Gasteiger partial charge is 0.145 e. The average Bonchev–Trinajstić information content (AvgIpc) is 2.85. The van der Waals surface area contributed by atoms with Gasteiger partial charge in [0, 0.05) is 0 Å². The van der Waals surface area contributed by atoms with E-state index in [9.17, 15) is 0 Å². The van der Waals surface area contributed by atoms with Crippen LogP contribution < -0.4 is 10.5 Å². The lowest BCUT2D eigenvalue weighted by atomic mass is 10.1. The zero-order valence-corrected chi connectivity index (χ0v) is 11.3. The van der Waals surface area contributed by atoms with Crippen molar-refractivity contribution in [3.8, 4) is 5.75 Å². The van der Waals surface area contributed by atoms with Crippen LogP contribution in [0.5, 0.6) is 5.75 Å². The first kappa shape index (κ1) is 12.1. The van der Waals surface area contributed by atoms with Crippen LogP contribution in [-0.4, -0.2) is 0 Å². The van der Waals surface area contributed by atoms with E-state index in [2.05, 4.69) is 18.2 Å². The molecular weight excluding hydrogens is 234 g/mol. The van der Waals surface area contributed by atoms with Gasteiger partial charge in [0.25, 0.3) is 0 Å². The van der Waals surface area contributed by atoms with E-state index in [4.69, 9.17) is 10.5 Å². The minimum atomic E-state index is 0.586. The van der Waals surface area contributed by atoms with E-state index in [0.29, 0.717) is 12.3 Å². The highest BCUT2D eigenvalue weighted by molar-refractivity contribution is 5.56. The van der Waals surface area contributed by atoms with Crippen molar-refractivity contribution in [3.05, 3.63) is 58.7 Å². The van der Waals surface area contributed by atoms with Crippen molar-refractivity contribution < 1.29 is 4.74 Å². The maximum Gasteiger partial charge on any atom is 0.145 e. The van der Waals surface area contributed by atoms with Crippen molar-refractivity contribution in [3.63, 3.8) is 0 Å². The monoisotopic (exact) mass is 253 g/mol. The summed E-state index contributed by atoms with van der Waals surface area (Å²) in [7, 11) is 0. The van der Waals surface area contributed by atoms with Crippen LogP contribution in [0.25, 0.3) is 0 Å². The molecule has 0 fully saturated rings. The maximum atomic E-state index is 5.95. The van der Waals surface area contributed by atoms with Gasteiger partial charge in [0.2, 0.25) is 0 Å². The van der Waals surface area contributed by atoms with Gasteiger partial charge in [-0.1, -0.05) is 30.3 Å². The van der Waals surface area contributed by atoms with E-state index in [1.165, 1.54) is 36.0 Å².